The normalized spacial score (nSPS) is 22.3. The maximum absolute atomic E-state index is 4.76. The number of likely N-dealkylation sites (N-methyl/N-ethyl adjacent to an activating group) is 1. The van der Waals surface area contributed by atoms with Crippen LogP contribution in [-0.2, 0) is 0 Å². The second-order valence-electron chi connectivity index (χ2n) is 6.59. The fourth-order valence-electron chi connectivity index (χ4n) is 3.02. The van der Waals surface area contributed by atoms with Crippen molar-refractivity contribution in [2.45, 2.75) is 39.3 Å². The average Bonchev–Trinajstić information content (AvgIpc) is 3.19. The van der Waals surface area contributed by atoms with Gasteiger partial charge in [-0.25, -0.2) is 0 Å². The van der Waals surface area contributed by atoms with Gasteiger partial charge in [0.15, 0.2) is 0 Å². The number of aliphatic imine (C=N–C) groups is 1. The minimum atomic E-state index is 0.0353. The largest absolute Gasteiger partial charge is 0.355 e. The van der Waals surface area contributed by atoms with Crippen LogP contribution in [0.5, 0.6) is 0 Å². The Morgan fingerprint density at radius 3 is 2.33 bits per heavy atom. The van der Waals surface area contributed by atoms with Crippen LogP contribution < -0.4 is 0 Å². The number of benzene rings is 2. The number of fused-ring (bicyclic) bond motifs is 1. The lowest BCUT2D eigenvalue weighted by Crippen LogP contribution is -2.34. The first kappa shape index (κ1) is 14.1. The van der Waals surface area contributed by atoms with Crippen molar-refractivity contribution in [2.75, 3.05) is 7.05 Å². The molecule has 2 nitrogen and oxygen atoms in total. The van der Waals surface area contributed by atoms with Crippen LogP contribution in [-0.4, -0.2) is 23.3 Å². The van der Waals surface area contributed by atoms with E-state index in [1.54, 1.807) is 0 Å². The van der Waals surface area contributed by atoms with Gasteiger partial charge in [0.05, 0.1) is 6.04 Å². The van der Waals surface area contributed by atoms with Crippen molar-refractivity contribution in [3.63, 3.8) is 0 Å². The smallest absolute Gasteiger partial charge is 0.128 e. The molecular formula is C19H24N2. The van der Waals surface area contributed by atoms with E-state index in [9.17, 15) is 0 Å². The molecule has 0 spiro atoms. The molecule has 0 unspecified atom stereocenters. The minimum Gasteiger partial charge on any atom is -0.355 e. The molecular weight excluding hydrogens is 256 g/mol. The van der Waals surface area contributed by atoms with Gasteiger partial charge in [-0.15, -0.1) is 0 Å². The van der Waals surface area contributed by atoms with E-state index in [1.165, 1.54) is 22.2 Å². The molecule has 0 fully saturated rings. The summed E-state index contributed by atoms with van der Waals surface area (Å²) in [6.07, 6.45) is 0. The predicted molar refractivity (Wildman–Crippen MR) is 90.8 cm³/mol. The van der Waals surface area contributed by atoms with Gasteiger partial charge in [0.2, 0.25) is 0 Å². The van der Waals surface area contributed by atoms with Crippen LogP contribution >= 0.6 is 0 Å². The Kier molecular flexibility index (Phi) is 3.27. The predicted octanol–water partition coefficient (Wildman–Crippen LogP) is 4.66. The van der Waals surface area contributed by atoms with Gasteiger partial charge in [0, 0.05) is 7.05 Å². The van der Waals surface area contributed by atoms with Gasteiger partial charge in [-0.2, -0.15) is 0 Å². The SMILES string of the molecule is CC(C)[C@@]1(C)N=C1N(C)[C@H](C)c1cccc2ccccc12. The molecule has 110 valence electrons. The lowest BCUT2D eigenvalue weighted by molar-refractivity contribution is 0.388. The monoisotopic (exact) mass is 280 g/mol. The van der Waals surface area contributed by atoms with Crippen LogP contribution in [0.25, 0.3) is 10.8 Å². The quantitative estimate of drug-likeness (QED) is 0.798. The summed E-state index contributed by atoms with van der Waals surface area (Å²) in [5.74, 6) is 1.78. The zero-order chi connectivity index (χ0) is 15.2. The van der Waals surface area contributed by atoms with E-state index in [0.717, 1.165) is 0 Å². The van der Waals surface area contributed by atoms with Crippen LogP contribution in [0.1, 0.15) is 39.3 Å². The molecule has 2 aromatic carbocycles. The summed E-state index contributed by atoms with van der Waals surface area (Å²) in [5.41, 5.74) is 1.41. The molecule has 21 heavy (non-hydrogen) atoms. The average molecular weight is 280 g/mol. The van der Waals surface area contributed by atoms with Gasteiger partial charge in [-0.05, 0) is 36.1 Å². The highest BCUT2D eigenvalue weighted by Crippen LogP contribution is 2.40. The van der Waals surface area contributed by atoms with Gasteiger partial charge < -0.3 is 4.90 Å². The summed E-state index contributed by atoms with van der Waals surface area (Å²) in [6, 6.07) is 15.5. The highest BCUT2D eigenvalue weighted by atomic mass is 15.3. The lowest BCUT2D eigenvalue weighted by Gasteiger charge is -2.28. The van der Waals surface area contributed by atoms with Crippen molar-refractivity contribution in [2.24, 2.45) is 10.9 Å². The molecule has 2 aromatic rings. The molecule has 0 aliphatic carbocycles. The van der Waals surface area contributed by atoms with Gasteiger partial charge in [-0.1, -0.05) is 56.3 Å². The van der Waals surface area contributed by atoms with Crippen molar-refractivity contribution in [3.8, 4) is 0 Å². The van der Waals surface area contributed by atoms with Gasteiger partial charge in [0.1, 0.15) is 11.4 Å². The second-order valence-corrected chi connectivity index (χ2v) is 6.59. The van der Waals surface area contributed by atoms with E-state index in [-0.39, 0.29) is 5.54 Å². The molecule has 0 saturated carbocycles. The molecule has 0 amide bonds. The van der Waals surface area contributed by atoms with Crippen LogP contribution in [0.3, 0.4) is 0 Å². The molecule has 2 atom stereocenters. The van der Waals surface area contributed by atoms with E-state index in [1.807, 2.05) is 0 Å². The number of hydrogen-bond acceptors (Lipinski definition) is 2. The minimum absolute atomic E-state index is 0.0353. The topological polar surface area (TPSA) is 15.6 Å². The second kappa shape index (κ2) is 4.87. The summed E-state index contributed by atoms with van der Waals surface area (Å²) >= 11 is 0. The standard InChI is InChI=1S/C19H24N2/c1-13(2)19(4)18(20-19)21(5)14(3)16-12-8-10-15-9-6-7-11-17(15)16/h6-14H,1-5H3/t14-,19-/m1/s1. The van der Waals surface area contributed by atoms with Crippen molar-refractivity contribution < 1.29 is 0 Å². The van der Waals surface area contributed by atoms with Gasteiger partial charge in [0.25, 0.3) is 0 Å². The molecule has 0 saturated heterocycles. The maximum Gasteiger partial charge on any atom is 0.128 e. The fourth-order valence-corrected chi connectivity index (χ4v) is 3.02. The third kappa shape index (κ3) is 2.23. The third-order valence-electron chi connectivity index (χ3n) is 5.05. The first-order chi connectivity index (χ1) is 9.95. The number of nitrogens with zero attached hydrogens (tertiary/aromatic N) is 2. The first-order valence-corrected chi connectivity index (χ1v) is 7.76. The summed E-state index contributed by atoms with van der Waals surface area (Å²) in [6.45, 7) is 8.99. The third-order valence-corrected chi connectivity index (χ3v) is 5.05. The highest BCUT2D eigenvalue weighted by Gasteiger charge is 2.48. The molecule has 3 rings (SSSR count). The molecule has 0 N–H and O–H groups in total. The van der Waals surface area contributed by atoms with E-state index < -0.39 is 0 Å². The van der Waals surface area contributed by atoms with E-state index in [4.69, 9.17) is 4.99 Å². The Morgan fingerprint density at radius 2 is 1.67 bits per heavy atom. The van der Waals surface area contributed by atoms with Crippen molar-refractivity contribution in [1.29, 1.82) is 0 Å². The number of amidine groups is 1. The van der Waals surface area contributed by atoms with Crippen molar-refractivity contribution >= 4 is 16.6 Å². The fraction of sp³-hybridized carbons (Fsp3) is 0.421. The van der Waals surface area contributed by atoms with E-state index in [0.29, 0.717) is 12.0 Å². The Bertz CT molecular complexity index is 696. The van der Waals surface area contributed by atoms with Gasteiger partial charge >= 0.3 is 0 Å². The van der Waals surface area contributed by atoms with Crippen LogP contribution in [0.15, 0.2) is 47.5 Å². The zero-order valence-corrected chi connectivity index (χ0v) is 13.6. The highest BCUT2D eigenvalue weighted by molar-refractivity contribution is 6.03. The molecule has 1 heterocycles. The van der Waals surface area contributed by atoms with Crippen molar-refractivity contribution in [3.05, 3.63) is 48.0 Å². The van der Waals surface area contributed by atoms with E-state index in [2.05, 4.69) is 82.1 Å². The molecule has 1 aliphatic heterocycles. The molecule has 0 bridgehead atoms. The van der Waals surface area contributed by atoms with Crippen LogP contribution in [0.2, 0.25) is 0 Å². The Labute approximate surface area is 127 Å². The Balaban J connectivity index is 1.92. The van der Waals surface area contributed by atoms with Crippen molar-refractivity contribution in [1.82, 2.24) is 4.90 Å². The molecule has 2 heteroatoms. The number of hydrogen-bond donors (Lipinski definition) is 0. The molecule has 0 aromatic heterocycles. The molecule has 0 radical (unpaired) electrons. The summed E-state index contributed by atoms with van der Waals surface area (Å²) in [7, 11) is 2.17. The van der Waals surface area contributed by atoms with Gasteiger partial charge in [-0.3, -0.25) is 4.99 Å². The maximum atomic E-state index is 4.76. The summed E-state index contributed by atoms with van der Waals surface area (Å²) in [5, 5.41) is 2.64. The first-order valence-electron chi connectivity index (χ1n) is 7.76. The lowest BCUT2D eigenvalue weighted by atomic mass is 9.93. The van der Waals surface area contributed by atoms with Crippen LogP contribution in [0, 0.1) is 5.92 Å². The van der Waals surface area contributed by atoms with E-state index >= 15 is 0 Å². The van der Waals surface area contributed by atoms with Crippen LogP contribution in [0.4, 0.5) is 0 Å². The Morgan fingerprint density at radius 1 is 1.00 bits per heavy atom. The zero-order valence-electron chi connectivity index (χ0n) is 13.6. The summed E-state index contributed by atoms with van der Waals surface area (Å²) in [4.78, 5) is 7.09. The summed E-state index contributed by atoms with van der Waals surface area (Å²) < 4.78 is 0. The Hall–Kier alpha value is -1.83. The molecule has 1 aliphatic rings. The number of rotatable bonds is 3.